The highest BCUT2D eigenvalue weighted by Gasteiger charge is 2.44. The van der Waals surface area contributed by atoms with Crippen LogP contribution in [0.5, 0.6) is 0 Å². The summed E-state index contributed by atoms with van der Waals surface area (Å²) >= 11 is 0. The second-order valence-electron chi connectivity index (χ2n) is 9.20. The summed E-state index contributed by atoms with van der Waals surface area (Å²) in [6.07, 6.45) is 0.775. The minimum Gasteiger partial charge on any atom is -0.462 e. The van der Waals surface area contributed by atoms with Gasteiger partial charge in [-0.05, 0) is 57.1 Å². The van der Waals surface area contributed by atoms with Gasteiger partial charge in [0.1, 0.15) is 0 Å². The minimum atomic E-state index is -0.658. The maximum atomic E-state index is 13.1. The second-order valence-corrected chi connectivity index (χ2v) is 9.20. The first-order valence-electron chi connectivity index (χ1n) is 12.5. The molecule has 2 aliphatic heterocycles. The first kappa shape index (κ1) is 27.6. The zero-order chi connectivity index (χ0) is 28.1. The summed E-state index contributed by atoms with van der Waals surface area (Å²) in [6.45, 7) is 2.18. The van der Waals surface area contributed by atoms with Crippen LogP contribution in [0, 0.1) is 16.0 Å². The van der Waals surface area contributed by atoms with Gasteiger partial charge >= 0.3 is 11.9 Å². The van der Waals surface area contributed by atoms with Gasteiger partial charge in [0.2, 0.25) is 11.7 Å². The Bertz CT molecular complexity index is 1300. The first-order chi connectivity index (χ1) is 18.7. The van der Waals surface area contributed by atoms with Crippen LogP contribution in [-0.4, -0.2) is 71.7 Å². The lowest BCUT2D eigenvalue weighted by molar-refractivity contribution is -0.384. The van der Waals surface area contributed by atoms with Crippen LogP contribution in [0.15, 0.2) is 48.5 Å². The van der Waals surface area contributed by atoms with Gasteiger partial charge in [0.05, 0.1) is 41.2 Å². The summed E-state index contributed by atoms with van der Waals surface area (Å²) in [5.41, 5.74) is 0.535. The van der Waals surface area contributed by atoms with E-state index in [9.17, 15) is 34.1 Å². The smallest absolute Gasteiger partial charge is 0.338 e. The minimum absolute atomic E-state index is 0.00525. The van der Waals surface area contributed by atoms with Crippen LogP contribution in [0.4, 0.5) is 11.4 Å². The van der Waals surface area contributed by atoms with Crippen LogP contribution in [0.25, 0.3) is 0 Å². The zero-order valence-electron chi connectivity index (χ0n) is 21.2. The van der Waals surface area contributed by atoms with Crippen molar-refractivity contribution in [2.45, 2.75) is 32.2 Å². The van der Waals surface area contributed by atoms with E-state index in [0.29, 0.717) is 37.2 Å². The number of anilines is 1. The Balaban J connectivity index is 1.29. The lowest BCUT2D eigenvalue weighted by Crippen LogP contribution is -2.47. The van der Waals surface area contributed by atoms with Crippen LogP contribution in [0.1, 0.15) is 46.9 Å². The molecular weight excluding hydrogens is 510 g/mol. The molecule has 0 bridgehead atoms. The van der Waals surface area contributed by atoms with E-state index < -0.39 is 41.2 Å². The van der Waals surface area contributed by atoms with Gasteiger partial charge in [0.15, 0.2) is 6.61 Å². The van der Waals surface area contributed by atoms with Crippen molar-refractivity contribution in [3.8, 4) is 0 Å². The number of rotatable bonds is 9. The Hall–Kier alpha value is -4.45. The third-order valence-corrected chi connectivity index (χ3v) is 6.79. The molecule has 0 unspecified atom stereocenters. The third kappa shape index (κ3) is 6.17. The predicted octanol–water partition coefficient (Wildman–Crippen LogP) is 2.54. The number of imide groups is 1. The van der Waals surface area contributed by atoms with E-state index in [0.717, 1.165) is 11.0 Å². The predicted molar refractivity (Wildman–Crippen MR) is 136 cm³/mol. The van der Waals surface area contributed by atoms with E-state index in [1.165, 1.54) is 42.5 Å². The molecule has 0 saturated carbocycles. The Labute approximate surface area is 223 Å². The number of piperidine rings is 1. The molecule has 0 N–H and O–H groups in total. The van der Waals surface area contributed by atoms with Crippen molar-refractivity contribution in [2.24, 2.45) is 5.92 Å². The molecule has 12 nitrogen and oxygen atoms in total. The molecule has 4 rings (SSSR count). The number of ether oxygens (including phenoxy) is 2. The quantitative estimate of drug-likeness (QED) is 0.153. The molecule has 2 heterocycles. The van der Waals surface area contributed by atoms with E-state index in [-0.39, 0.29) is 36.1 Å². The zero-order valence-corrected chi connectivity index (χ0v) is 21.2. The number of ketones is 1. The molecule has 0 radical (unpaired) electrons. The monoisotopic (exact) mass is 537 g/mol. The van der Waals surface area contributed by atoms with Crippen molar-refractivity contribution in [1.82, 2.24) is 4.90 Å². The second kappa shape index (κ2) is 11.9. The van der Waals surface area contributed by atoms with Crippen molar-refractivity contribution >= 4 is 40.9 Å². The molecule has 0 aromatic heterocycles. The fraction of sp³-hybridized carbons (Fsp3) is 0.370. The maximum Gasteiger partial charge on any atom is 0.338 e. The molecule has 0 aliphatic carbocycles. The van der Waals surface area contributed by atoms with Crippen LogP contribution in [0.3, 0.4) is 0 Å². The summed E-state index contributed by atoms with van der Waals surface area (Å²) in [7, 11) is 0. The van der Waals surface area contributed by atoms with Gasteiger partial charge in [-0.25, -0.2) is 9.69 Å². The topological polar surface area (TPSA) is 153 Å². The Morgan fingerprint density at radius 2 is 1.69 bits per heavy atom. The summed E-state index contributed by atoms with van der Waals surface area (Å²) < 4.78 is 10.1. The average Bonchev–Trinajstić information content (AvgIpc) is 3.25. The number of benzene rings is 2. The van der Waals surface area contributed by atoms with E-state index in [1.54, 1.807) is 6.92 Å². The van der Waals surface area contributed by atoms with Gasteiger partial charge in [-0.15, -0.1) is 0 Å². The highest BCUT2D eigenvalue weighted by molar-refractivity contribution is 6.22. The molecule has 2 saturated heterocycles. The normalized spacial score (nSPS) is 18.2. The molecule has 2 amide bonds. The highest BCUT2D eigenvalue weighted by Crippen LogP contribution is 2.29. The van der Waals surface area contributed by atoms with Crippen LogP contribution in [-0.2, 0) is 23.9 Å². The van der Waals surface area contributed by atoms with Crippen molar-refractivity contribution in [1.29, 1.82) is 0 Å². The number of amides is 2. The maximum absolute atomic E-state index is 13.1. The molecule has 2 aromatic carbocycles. The summed E-state index contributed by atoms with van der Waals surface area (Å²) in [5.74, 6) is -2.78. The van der Waals surface area contributed by atoms with Crippen LogP contribution < -0.4 is 4.90 Å². The Morgan fingerprint density at radius 1 is 1.00 bits per heavy atom. The Morgan fingerprint density at radius 3 is 2.33 bits per heavy atom. The van der Waals surface area contributed by atoms with E-state index in [1.807, 2.05) is 4.90 Å². The molecule has 2 fully saturated rings. The van der Waals surface area contributed by atoms with E-state index in [2.05, 4.69) is 0 Å². The van der Waals surface area contributed by atoms with Gasteiger partial charge in [0.25, 0.3) is 11.6 Å². The number of esters is 2. The standard InChI is InChI=1S/C27H27N3O9/c1-2-38-26(34)17-6-8-20(9-7-17)29-24(32)15-22(25(29)33)28-12-10-18(11-13-28)27(35)39-16-23(31)19-4-3-5-21(14-19)30(36)37/h3-9,14,18,22H,2,10-13,15-16H2,1H3/t22-/m1/s1. The molecule has 204 valence electrons. The fourth-order valence-electron chi connectivity index (χ4n) is 4.71. The number of carbonyl (C=O) groups is 5. The number of likely N-dealkylation sites (tertiary alicyclic amines) is 1. The lowest BCUT2D eigenvalue weighted by atomic mass is 9.95. The number of hydrogen-bond donors (Lipinski definition) is 0. The molecule has 1 atom stereocenters. The average molecular weight is 538 g/mol. The van der Waals surface area contributed by atoms with Gasteiger partial charge in [-0.3, -0.25) is 34.2 Å². The van der Waals surface area contributed by atoms with Gasteiger partial charge < -0.3 is 9.47 Å². The molecule has 2 aliphatic rings. The first-order valence-corrected chi connectivity index (χ1v) is 12.5. The van der Waals surface area contributed by atoms with Crippen molar-refractivity contribution in [3.63, 3.8) is 0 Å². The van der Waals surface area contributed by atoms with E-state index >= 15 is 0 Å². The van der Waals surface area contributed by atoms with Crippen molar-refractivity contribution in [2.75, 3.05) is 31.2 Å². The van der Waals surface area contributed by atoms with Crippen LogP contribution >= 0.6 is 0 Å². The number of nitro benzene ring substituents is 1. The summed E-state index contributed by atoms with van der Waals surface area (Å²) in [5, 5.41) is 10.9. The number of Topliss-reactive ketones (excluding diaryl/α,β-unsaturated/α-hetero) is 1. The molecule has 2 aromatic rings. The molecule has 0 spiro atoms. The summed E-state index contributed by atoms with van der Waals surface area (Å²) in [6, 6.07) is 10.6. The largest absolute Gasteiger partial charge is 0.462 e. The van der Waals surface area contributed by atoms with Gasteiger partial charge in [0, 0.05) is 17.7 Å². The number of hydrogen-bond acceptors (Lipinski definition) is 10. The molecule has 39 heavy (non-hydrogen) atoms. The van der Waals surface area contributed by atoms with Crippen molar-refractivity contribution in [3.05, 3.63) is 69.8 Å². The number of carbonyl (C=O) groups excluding carboxylic acids is 5. The Kier molecular flexibility index (Phi) is 8.45. The summed E-state index contributed by atoms with van der Waals surface area (Å²) in [4.78, 5) is 75.8. The number of nitro groups is 1. The van der Waals surface area contributed by atoms with E-state index in [4.69, 9.17) is 9.47 Å². The van der Waals surface area contributed by atoms with Crippen LogP contribution in [0.2, 0.25) is 0 Å². The van der Waals surface area contributed by atoms with Gasteiger partial charge in [-0.1, -0.05) is 12.1 Å². The SMILES string of the molecule is CCOC(=O)c1ccc(N2C(=O)C[C@@H](N3CCC(C(=O)OCC(=O)c4cccc([N+](=O)[O-])c4)CC3)C2=O)cc1. The lowest BCUT2D eigenvalue weighted by Gasteiger charge is -2.33. The van der Waals surface area contributed by atoms with Gasteiger partial charge in [-0.2, -0.15) is 0 Å². The fourth-order valence-corrected chi connectivity index (χ4v) is 4.71. The molecule has 12 heteroatoms. The highest BCUT2D eigenvalue weighted by atomic mass is 16.6. The third-order valence-electron chi connectivity index (χ3n) is 6.79. The van der Waals surface area contributed by atoms with Crippen molar-refractivity contribution < 1.29 is 38.4 Å². The number of nitrogens with zero attached hydrogens (tertiary/aromatic N) is 3. The molecular formula is C27H27N3O9. The number of non-ortho nitro benzene ring substituents is 1.